The van der Waals surface area contributed by atoms with E-state index in [4.69, 9.17) is 10.2 Å². The van der Waals surface area contributed by atoms with Crippen LogP contribution in [0.3, 0.4) is 0 Å². The summed E-state index contributed by atoms with van der Waals surface area (Å²) < 4.78 is 5.80. The number of nitrogens with two attached hydrogens (primary N) is 1. The average Bonchev–Trinajstić information content (AvgIpc) is 2.65. The Bertz CT molecular complexity index is 371. The van der Waals surface area contributed by atoms with Gasteiger partial charge in [0.2, 0.25) is 0 Å². The third-order valence-electron chi connectivity index (χ3n) is 3.12. The van der Waals surface area contributed by atoms with Crippen molar-refractivity contribution in [2.75, 3.05) is 33.7 Å². The Morgan fingerprint density at radius 2 is 1.95 bits per heavy atom. The summed E-state index contributed by atoms with van der Waals surface area (Å²) >= 11 is 0. The Morgan fingerprint density at radius 1 is 1.26 bits per heavy atom. The van der Waals surface area contributed by atoms with E-state index in [9.17, 15) is 0 Å². The van der Waals surface area contributed by atoms with Crippen LogP contribution >= 0.6 is 0 Å². The van der Waals surface area contributed by atoms with Crippen LogP contribution in [-0.4, -0.2) is 43.5 Å². The van der Waals surface area contributed by atoms with Crippen molar-refractivity contribution in [3.05, 3.63) is 23.2 Å². The Hall–Kier alpha value is -0.840. The van der Waals surface area contributed by atoms with Crippen LogP contribution in [0.2, 0.25) is 0 Å². The average molecular weight is 267 g/mol. The Balaban J connectivity index is 2.63. The minimum atomic E-state index is 0.480. The number of furan rings is 1. The van der Waals surface area contributed by atoms with Crippen LogP contribution < -0.4 is 5.73 Å². The Morgan fingerprint density at radius 3 is 2.42 bits per heavy atom. The molecule has 0 aliphatic carbocycles. The van der Waals surface area contributed by atoms with E-state index in [2.05, 4.69) is 50.7 Å². The summed E-state index contributed by atoms with van der Waals surface area (Å²) in [5, 5.41) is 0. The van der Waals surface area contributed by atoms with E-state index in [1.807, 2.05) is 0 Å². The van der Waals surface area contributed by atoms with Gasteiger partial charge in [-0.1, -0.05) is 13.8 Å². The van der Waals surface area contributed by atoms with Gasteiger partial charge < -0.3 is 15.1 Å². The van der Waals surface area contributed by atoms with E-state index < -0.39 is 0 Å². The molecule has 1 aromatic rings. The predicted octanol–water partition coefficient (Wildman–Crippen LogP) is 2.07. The molecule has 4 nitrogen and oxygen atoms in total. The van der Waals surface area contributed by atoms with Crippen molar-refractivity contribution in [1.82, 2.24) is 9.80 Å². The highest BCUT2D eigenvalue weighted by atomic mass is 16.3. The highest BCUT2D eigenvalue weighted by Crippen LogP contribution is 2.16. The molecule has 0 saturated carbocycles. The molecule has 0 amide bonds. The first kappa shape index (κ1) is 16.2. The second-order valence-electron chi connectivity index (χ2n) is 5.96. The number of hydrogen-bond donors (Lipinski definition) is 1. The van der Waals surface area contributed by atoms with Gasteiger partial charge >= 0.3 is 0 Å². The normalized spacial score (nSPS) is 12.1. The van der Waals surface area contributed by atoms with E-state index in [0.29, 0.717) is 12.5 Å². The van der Waals surface area contributed by atoms with Crippen LogP contribution in [0.15, 0.2) is 10.5 Å². The van der Waals surface area contributed by atoms with Crippen LogP contribution in [0.1, 0.15) is 30.9 Å². The minimum Gasteiger partial charge on any atom is -0.463 e. The molecule has 0 aliphatic heterocycles. The van der Waals surface area contributed by atoms with Crippen molar-refractivity contribution in [1.29, 1.82) is 0 Å². The summed E-state index contributed by atoms with van der Waals surface area (Å²) in [6.45, 7) is 11.1. The highest BCUT2D eigenvalue weighted by Gasteiger charge is 2.12. The molecule has 19 heavy (non-hydrogen) atoms. The molecular weight excluding hydrogens is 238 g/mol. The lowest BCUT2D eigenvalue weighted by molar-refractivity contribution is 0.197. The van der Waals surface area contributed by atoms with Gasteiger partial charge in [-0.3, -0.25) is 4.90 Å². The van der Waals surface area contributed by atoms with Crippen LogP contribution in [0.25, 0.3) is 0 Å². The van der Waals surface area contributed by atoms with Crippen LogP contribution in [0.5, 0.6) is 0 Å². The molecule has 0 bridgehead atoms. The molecule has 0 unspecified atom stereocenters. The third kappa shape index (κ3) is 5.76. The largest absolute Gasteiger partial charge is 0.463 e. The monoisotopic (exact) mass is 267 g/mol. The van der Waals surface area contributed by atoms with Gasteiger partial charge in [0.15, 0.2) is 0 Å². The zero-order chi connectivity index (χ0) is 14.4. The first-order valence-electron chi connectivity index (χ1n) is 7.07. The fourth-order valence-electron chi connectivity index (χ4n) is 2.18. The molecule has 2 N–H and O–H groups in total. The van der Waals surface area contributed by atoms with E-state index >= 15 is 0 Å². The molecule has 1 rings (SSSR count). The molecule has 0 fully saturated rings. The van der Waals surface area contributed by atoms with Crippen molar-refractivity contribution in [2.24, 2.45) is 11.7 Å². The first-order valence-corrected chi connectivity index (χ1v) is 7.07. The smallest absolute Gasteiger partial charge is 0.120 e. The predicted molar refractivity (Wildman–Crippen MR) is 80.0 cm³/mol. The molecule has 0 aromatic carbocycles. The van der Waals surface area contributed by atoms with Crippen molar-refractivity contribution in [3.63, 3.8) is 0 Å². The lowest BCUT2D eigenvalue weighted by atomic mass is 10.2. The Labute approximate surface area is 117 Å². The summed E-state index contributed by atoms with van der Waals surface area (Å²) in [4.78, 5) is 4.66. The van der Waals surface area contributed by atoms with Gasteiger partial charge in [0.25, 0.3) is 0 Å². The number of aryl methyl sites for hydroxylation is 1. The second-order valence-corrected chi connectivity index (χ2v) is 5.96. The van der Waals surface area contributed by atoms with Gasteiger partial charge in [-0.05, 0) is 38.6 Å². The molecule has 0 saturated heterocycles. The van der Waals surface area contributed by atoms with Crippen molar-refractivity contribution < 1.29 is 4.42 Å². The number of likely N-dealkylation sites (N-methyl/N-ethyl adjacent to an activating group) is 1. The number of hydrogen-bond acceptors (Lipinski definition) is 4. The molecule has 0 aliphatic rings. The summed E-state index contributed by atoms with van der Waals surface area (Å²) in [6.07, 6.45) is 0. The molecule has 0 atom stereocenters. The third-order valence-corrected chi connectivity index (χ3v) is 3.12. The maximum Gasteiger partial charge on any atom is 0.120 e. The van der Waals surface area contributed by atoms with Crippen LogP contribution in [0.4, 0.5) is 0 Å². The molecular formula is C15H29N3O. The maximum atomic E-state index is 5.80. The number of rotatable bonds is 8. The highest BCUT2D eigenvalue weighted by molar-refractivity contribution is 5.19. The standard InChI is InChI=1S/C15H29N3O/c1-12(2)10-18(7-6-17(4)5)11-14-8-13(3)15(9-16)19-14/h8,12H,6-7,9-11,16H2,1-5H3. The first-order chi connectivity index (χ1) is 8.92. The SMILES string of the molecule is Cc1cc(CN(CCN(C)C)CC(C)C)oc1CN. The van der Waals surface area contributed by atoms with Gasteiger partial charge in [-0.15, -0.1) is 0 Å². The molecule has 1 aromatic heterocycles. The fraction of sp³-hybridized carbons (Fsp3) is 0.733. The summed E-state index contributed by atoms with van der Waals surface area (Å²) in [6, 6.07) is 2.12. The molecule has 0 radical (unpaired) electrons. The van der Waals surface area contributed by atoms with Crippen molar-refractivity contribution in [2.45, 2.75) is 33.9 Å². The number of nitrogens with zero attached hydrogens (tertiary/aromatic N) is 2. The van der Waals surface area contributed by atoms with E-state index in [-0.39, 0.29) is 0 Å². The summed E-state index contributed by atoms with van der Waals surface area (Å²) in [7, 11) is 4.22. The van der Waals surface area contributed by atoms with E-state index in [1.165, 1.54) is 0 Å². The van der Waals surface area contributed by atoms with Gasteiger partial charge in [0.1, 0.15) is 11.5 Å². The minimum absolute atomic E-state index is 0.480. The molecule has 1 heterocycles. The fourth-order valence-corrected chi connectivity index (χ4v) is 2.18. The molecule has 110 valence electrons. The zero-order valence-corrected chi connectivity index (χ0v) is 13.1. The van der Waals surface area contributed by atoms with Gasteiger partial charge in [-0.2, -0.15) is 0 Å². The van der Waals surface area contributed by atoms with Crippen molar-refractivity contribution >= 4 is 0 Å². The van der Waals surface area contributed by atoms with E-state index in [1.54, 1.807) is 0 Å². The second kappa shape index (κ2) is 7.68. The molecule has 4 heteroatoms. The van der Waals surface area contributed by atoms with Crippen LogP contribution in [0, 0.1) is 12.8 Å². The summed E-state index contributed by atoms with van der Waals surface area (Å²) in [5.74, 6) is 2.59. The van der Waals surface area contributed by atoms with Gasteiger partial charge in [0, 0.05) is 19.6 Å². The maximum absolute atomic E-state index is 5.80. The molecule has 0 spiro atoms. The van der Waals surface area contributed by atoms with E-state index in [0.717, 1.165) is 43.3 Å². The van der Waals surface area contributed by atoms with Crippen LogP contribution in [-0.2, 0) is 13.1 Å². The van der Waals surface area contributed by atoms with Gasteiger partial charge in [0.05, 0.1) is 13.1 Å². The lowest BCUT2D eigenvalue weighted by Gasteiger charge is -2.24. The lowest BCUT2D eigenvalue weighted by Crippen LogP contribution is -2.33. The van der Waals surface area contributed by atoms with Gasteiger partial charge in [-0.25, -0.2) is 0 Å². The summed E-state index contributed by atoms with van der Waals surface area (Å²) in [5.41, 5.74) is 6.82. The Kier molecular flexibility index (Phi) is 6.55. The topological polar surface area (TPSA) is 45.6 Å². The quantitative estimate of drug-likeness (QED) is 0.783. The van der Waals surface area contributed by atoms with Crippen molar-refractivity contribution in [3.8, 4) is 0 Å². The zero-order valence-electron chi connectivity index (χ0n) is 13.1.